The first kappa shape index (κ1) is 17.3. The average Bonchev–Trinajstić information content (AvgIpc) is 2.26. The molecule has 2 heteroatoms. The Morgan fingerprint density at radius 3 is 1.88 bits per heavy atom. The molecule has 1 nitrogen and oxygen atoms in total. The SMILES string of the molecule is CC(C)CC(C)OCCCCCCCCCS. The van der Waals surface area contributed by atoms with Gasteiger partial charge >= 0.3 is 0 Å². The van der Waals surface area contributed by atoms with Crippen molar-refractivity contribution < 1.29 is 4.74 Å². The maximum absolute atomic E-state index is 5.79. The van der Waals surface area contributed by atoms with Crippen LogP contribution in [0, 0.1) is 5.92 Å². The minimum Gasteiger partial charge on any atom is -0.379 e. The fourth-order valence-corrected chi connectivity index (χ4v) is 2.34. The summed E-state index contributed by atoms with van der Waals surface area (Å²) in [4.78, 5) is 0. The molecule has 0 spiro atoms. The van der Waals surface area contributed by atoms with Crippen LogP contribution in [0.5, 0.6) is 0 Å². The van der Waals surface area contributed by atoms with Crippen LogP contribution in [0.2, 0.25) is 0 Å². The molecule has 0 heterocycles. The fraction of sp³-hybridized carbons (Fsp3) is 1.00. The minimum absolute atomic E-state index is 0.436. The second-order valence-electron chi connectivity index (χ2n) is 5.51. The summed E-state index contributed by atoms with van der Waals surface area (Å²) in [5, 5.41) is 0. The summed E-state index contributed by atoms with van der Waals surface area (Å²) in [7, 11) is 0. The zero-order chi connectivity index (χ0) is 12.9. The molecule has 1 unspecified atom stereocenters. The number of hydrogen-bond acceptors (Lipinski definition) is 2. The van der Waals surface area contributed by atoms with Gasteiger partial charge in [-0.3, -0.25) is 0 Å². The van der Waals surface area contributed by atoms with Gasteiger partial charge in [0.25, 0.3) is 0 Å². The molecule has 0 aromatic rings. The van der Waals surface area contributed by atoms with Crippen LogP contribution >= 0.6 is 12.6 Å². The van der Waals surface area contributed by atoms with E-state index in [1.54, 1.807) is 0 Å². The lowest BCUT2D eigenvalue weighted by atomic mass is 10.1. The molecule has 0 aromatic carbocycles. The average molecular weight is 260 g/mol. The highest BCUT2D eigenvalue weighted by Crippen LogP contribution is 2.10. The zero-order valence-electron chi connectivity index (χ0n) is 12.1. The van der Waals surface area contributed by atoms with Gasteiger partial charge < -0.3 is 4.74 Å². The van der Waals surface area contributed by atoms with Crippen LogP contribution in [0.3, 0.4) is 0 Å². The van der Waals surface area contributed by atoms with E-state index in [4.69, 9.17) is 4.74 Å². The van der Waals surface area contributed by atoms with Gasteiger partial charge in [-0.05, 0) is 37.9 Å². The third-order valence-electron chi connectivity index (χ3n) is 3.01. The molecule has 0 radical (unpaired) electrons. The molecule has 17 heavy (non-hydrogen) atoms. The number of hydrogen-bond donors (Lipinski definition) is 1. The minimum atomic E-state index is 0.436. The van der Waals surface area contributed by atoms with E-state index < -0.39 is 0 Å². The van der Waals surface area contributed by atoms with Gasteiger partial charge in [-0.1, -0.05) is 46.0 Å². The molecule has 0 saturated heterocycles. The normalized spacial score (nSPS) is 13.2. The second-order valence-corrected chi connectivity index (χ2v) is 5.96. The van der Waals surface area contributed by atoms with Crippen molar-refractivity contribution in [1.29, 1.82) is 0 Å². The zero-order valence-corrected chi connectivity index (χ0v) is 13.0. The third kappa shape index (κ3) is 14.2. The molecule has 0 amide bonds. The smallest absolute Gasteiger partial charge is 0.0549 e. The van der Waals surface area contributed by atoms with E-state index in [0.29, 0.717) is 6.10 Å². The van der Waals surface area contributed by atoms with Gasteiger partial charge in [-0.2, -0.15) is 12.6 Å². The Morgan fingerprint density at radius 2 is 1.35 bits per heavy atom. The largest absolute Gasteiger partial charge is 0.379 e. The summed E-state index contributed by atoms with van der Waals surface area (Å²) in [5.74, 6) is 1.79. The summed E-state index contributed by atoms with van der Waals surface area (Å²) in [6, 6.07) is 0. The number of rotatable bonds is 12. The third-order valence-corrected chi connectivity index (χ3v) is 3.32. The van der Waals surface area contributed by atoms with Crippen LogP contribution in [0.4, 0.5) is 0 Å². The second kappa shape index (κ2) is 12.8. The van der Waals surface area contributed by atoms with Crippen molar-refractivity contribution >= 4 is 12.6 Å². The van der Waals surface area contributed by atoms with Crippen LogP contribution in [-0.4, -0.2) is 18.5 Å². The highest BCUT2D eigenvalue weighted by Gasteiger charge is 2.04. The first-order chi connectivity index (χ1) is 8.16. The summed E-state index contributed by atoms with van der Waals surface area (Å²) in [6.07, 6.45) is 10.9. The maximum Gasteiger partial charge on any atom is 0.0549 e. The molecule has 1 atom stereocenters. The lowest BCUT2D eigenvalue weighted by Crippen LogP contribution is -2.12. The molecule has 0 fully saturated rings. The number of ether oxygens (including phenoxy) is 1. The Balaban J connectivity index is 3.07. The Bertz CT molecular complexity index is 148. The fourth-order valence-electron chi connectivity index (χ4n) is 2.11. The lowest BCUT2D eigenvalue weighted by Gasteiger charge is -2.14. The van der Waals surface area contributed by atoms with Crippen molar-refractivity contribution in [2.45, 2.75) is 78.2 Å². The van der Waals surface area contributed by atoms with Gasteiger partial charge in [0, 0.05) is 6.61 Å². The molecule has 104 valence electrons. The van der Waals surface area contributed by atoms with Crippen molar-refractivity contribution in [3.8, 4) is 0 Å². The van der Waals surface area contributed by atoms with Gasteiger partial charge in [0.15, 0.2) is 0 Å². The van der Waals surface area contributed by atoms with Gasteiger partial charge in [-0.25, -0.2) is 0 Å². The highest BCUT2D eigenvalue weighted by atomic mass is 32.1. The summed E-state index contributed by atoms with van der Waals surface area (Å²) in [6.45, 7) is 7.65. The molecule has 0 aliphatic carbocycles. The molecule has 0 bridgehead atoms. The van der Waals surface area contributed by atoms with E-state index in [9.17, 15) is 0 Å². The standard InChI is InChI=1S/C15H32OS/c1-14(2)13-15(3)16-11-9-7-5-4-6-8-10-12-17/h14-15,17H,4-13H2,1-3H3. The van der Waals surface area contributed by atoms with Crippen LogP contribution < -0.4 is 0 Å². The molecule has 0 aliphatic rings. The van der Waals surface area contributed by atoms with Crippen molar-refractivity contribution in [2.75, 3.05) is 12.4 Å². The van der Waals surface area contributed by atoms with E-state index in [1.807, 2.05) is 0 Å². The van der Waals surface area contributed by atoms with E-state index in [1.165, 1.54) is 51.4 Å². The summed E-state index contributed by atoms with van der Waals surface area (Å²) in [5.41, 5.74) is 0. The molecule has 0 N–H and O–H groups in total. The molecular formula is C15H32OS. The molecule has 0 saturated carbocycles. The van der Waals surface area contributed by atoms with Crippen molar-refractivity contribution in [2.24, 2.45) is 5.92 Å². The first-order valence-corrected chi connectivity index (χ1v) is 8.02. The van der Waals surface area contributed by atoms with Gasteiger partial charge in [0.2, 0.25) is 0 Å². The predicted molar refractivity (Wildman–Crippen MR) is 81.0 cm³/mol. The Labute approximate surface area is 114 Å². The van der Waals surface area contributed by atoms with E-state index >= 15 is 0 Å². The number of thiol groups is 1. The van der Waals surface area contributed by atoms with Crippen molar-refractivity contribution in [3.63, 3.8) is 0 Å². The molecular weight excluding hydrogens is 228 g/mol. The predicted octanol–water partition coefficient (Wildman–Crippen LogP) is 5.10. The Morgan fingerprint density at radius 1 is 0.824 bits per heavy atom. The molecule has 0 rings (SSSR count). The van der Waals surface area contributed by atoms with Gasteiger partial charge in [0.1, 0.15) is 0 Å². The maximum atomic E-state index is 5.79. The van der Waals surface area contributed by atoms with Gasteiger partial charge in [0.05, 0.1) is 6.10 Å². The molecule has 0 aromatic heterocycles. The van der Waals surface area contributed by atoms with E-state index in [2.05, 4.69) is 33.4 Å². The monoisotopic (exact) mass is 260 g/mol. The Hall–Kier alpha value is 0.310. The Kier molecular flexibility index (Phi) is 13.0. The van der Waals surface area contributed by atoms with E-state index in [-0.39, 0.29) is 0 Å². The lowest BCUT2D eigenvalue weighted by molar-refractivity contribution is 0.0494. The first-order valence-electron chi connectivity index (χ1n) is 7.39. The van der Waals surface area contributed by atoms with Gasteiger partial charge in [-0.15, -0.1) is 0 Å². The van der Waals surface area contributed by atoms with Crippen LogP contribution in [0.15, 0.2) is 0 Å². The quantitative estimate of drug-likeness (QED) is 0.379. The summed E-state index contributed by atoms with van der Waals surface area (Å²) >= 11 is 4.22. The van der Waals surface area contributed by atoms with Crippen LogP contribution in [0.1, 0.15) is 72.1 Å². The highest BCUT2D eigenvalue weighted by molar-refractivity contribution is 7.80. The number of unbranched alkanes of at least 4 members (excludes halogenated alkanes) is 6. The van der Waals surface area contributed by atoms with E-state index in [0.717, 1.165) is 18.3 Å². The van der Waals surface area contributed by atoms with Crippen LogP contribution in [0.25, 0.3) is 0 Å². The molecule has 0 aliphatic heterocycles. The van der Waals surface area contributed by atoms with Crippen molar-refractivity contribution in [3.05, 3.63) is 0 Å². The van der Waals surface area contributed by atoms with Crippen LogP contribution in [-0.2, 0) is 4.74 Å². The topological polar surface area (TPSA) is 9.23 Å². The summed E-state index contributed by atoms with van der Waals surface area (Å²) < 4.78 is 5.79. The van der Waals surface area contributed by atoms with Crippen molar-refractivity contribution in [1.82, 2.24) is 0 Å².